The van der Waals surface area contributed by atoms with Crippen LogP contribution in [0.1, 0.15) is 39.5 Å². The van der Waals surface area contributed by atoms with E-state index in [1.807, 2.05) is 37.0 Å². The fraction of sp³-hybridized carbons (Fsp3) is 0.571. The molecule has 4 N–H and O–H groups in total. The Morgan fingerprint density at radius 1 is 1.28 bits per heavy atom. The van der Waals surface area contributed by atoms with Gasteiger partial charge in [0.15, 0.2) is 0 Å². The van der Waals surface area contributed by atoms with Crippen LogP contribution < -0.4 is 10.6 Å². The van der Waals surface area contributed by atoms with Gasteiger partial charge in [0.2, 0.25) is 5.95 Å². The molecule has 3 aromatic rings. The summed E-state index contributed by atoms with van der Waals surface area (Å²) < 4.78 is 1.89. The zero-order chi connectivity index (χ0) is 20.2. The Morgan fingerprint density at radius 3 is 2.93 bits per heavy atom. The number of anilines is 3. The van der Waals surface area contributed by atoms with Crippen LogP contribution in [0.3, 0.4) is 0 Å². The number of nitrogens with zero attached hydrogens (tertiary/aromatic N) is 4. The summed E-state index contributed by atoms with van der Waals surface area (Å²) in [7, 11) is 1.94. The SMILES string of the molecule is CC1CC2CC(CC(C)(O)C2)C1Nc1nc(Nc2cn(C)cn2)c2cc[nH]c2n1. The maximum Gasteiger partial charge on any atom is 0.226 e. The van der Waals surface area contributed by atoms with Gasteiger partial charge >= 0.3 is 0 Å². The predicted octanol–water partition coefficient (Wildman–Crippen LogP) is 3.42. The maximum atomic E-state index is 10.7. The summed E-state index contributed by atoms with van der Waals surface area (Å²) in [6, 6.07) is 2.23. The molecule has 0 radical (unpaired) electrons. The van der Waals surface area contributed by atoms with Gasteiger partial charge in [0.1, 0.15) is 17.3 Å². The molecule has 0 aliphatic heterocycles. The Balaban J connectivity index is 1.44. The molecule has 5 atom stereocenters. The lowest BCUT2D eigenvalue weighted by atomic mass is 9.61. The number of hydrogen-bond donors (Lipinski definition) is 4. The van der Waals surface area contributed by atoms with Crippen molar-refractivity contribution in [2.45, 2.75) is 51.2 Å². The standard InChI is InChI=1S/C21H29N7O/c1-12-6-13-7-14(9-21(2,29)8-13)17(12)25-20-26-18-15(4-5-22-18)19(27-20)24-16-10-28(3)11-23-16/h4-5,10-14,17,29H,6-9H2,1-3H3,(H3,22,24,25,26,27). The van der Waals surface area contributed by atoms with Gasteiger partial charge in [0.05, 0.1) is 17.3 Å². The van der Waals surface area contributed by atoms with Crippen molar-refractivity contribution in [3.8, 4) is 0 Å². The molecule has 29 heavy (non-hydrogen) atoms. The molecule has 0 aromatic carbocycles. The third-order valence-corrected chi connectivity index (χ3v) is 6.56. The molecule has 0 amide bonds. The summed E-state index contributed by atoms with van der Waals surface area (Å²) >= 11 is 0. The van der Waals surface area contributed by atoms with Crippen LogP contribution in [0.5, 0.6) is 0 Å². The molecule has 154 valence electrons. The molecule has 5 unspecified atom stereocenters. The van der Waals surface area contributed by atoms with Crippen LogP contribution in [0.2, 0.25) is 0 Å². The Hall–Kier alpha value is -2.61. The molecular formula is C21H29N7O. The minimum Gasteiger partial charge on any atom is -0.390 e. The largest absolute Gasteiger partial charge is 0.390 e. The number of aromatic amines is 1. The topological polar surface area (TPSA) is 104 Å². The normalized spacial score (nSPS) is 31.7. The van der Waals surface area contributed by atoms with E-state index in [9.17, 15) is 5.11 Å². The Bertz CT molecular complexity index is 1020. The summed E-state index contributed by atoms with van der Waals surface area (Å²) in [5.41, 5.74) is 0.224. The van der Waals surface area contributed by atoms with E-state index in [4.69, 9.17) is 9.97 Å². The molecule has 2 fully saturated rings. The highest BCUT2D eigenvalue weighted by atomic mass is 16.3. The number of rotatable bonds is 4. The number of hydrogen-bond acceptors (Lipinski definition) is 6. The molecule has 2 bridgehead atoms. The first-order chi connectivity index (χ1) is 13.9. The number of aliphatic hydroxyl groups is 1. The number of nitrogens with one attached hydrogen (secondary N) is 3. The lowest BCUT2D eigenvalue weighted by Crippen LogP contribution is -2.50. The molecule has 3 aromatic heterocycles. The summed E-state index contributed by atoms with van der Waals surface area (Å²) in [6.07, 6.45) is 9.60. The molecule has 0 saturated heterocycles. The fourth-order valence-electron chi connectivity index (χ4n) is 5.56. The molecule has 2 aliphatic rings. The monoisotopic (exact) mass is 395 g/mol. The van der Waals surface area contributed by atoms with Crippen molar-refractivity contribution in [1.82, 2.24) is 24.5 Å². The van der Waals surface area contributed by atoms with Crippen molar-refractivity contribution >= 4 is 28.6 Å². The fourth-order valence-corrected chi connectivity index (χ4v) is 5.56. The summed E-state index contributed by atoms with van der Waals surface area (Å²) in [4.78, 5) is 17.0. The number of fused-ring (bicyclic) bond motifs is 3. The van der Waals surface area contributed by atoms with Gasteiger partial charge in [-0.15, -0.1) is 0 Å². The van der Waals surface area contributed by atoms with Gasteiger partial charge in [0.25, 0.3) is 0 Å². The summed E-state index contributed by atoms with van der Waals surface area (Å²) in [5.74, 6) is 3.66. The van der Waals surface area contributed by atoms with Gasteiger partial charge < -0.3 is 25.3 Å². The highest BCUT2D eigenvalue weighted by molar-refractivity contribution is 5.89. The first-order valence-electron chi connectivity index (χ1n) is 10.5. The highest BCUT2D eigenvalue weighted by Crippen LogP contribution is 2.47. The average Bonchev–Trinajstić information content (AvgIpc) is 3.26. The number of H-pyrrole nitrogens is 1. The van der Waals surface area contributed by atoms with Crippen molar-refractivity contribution in [2.24, 2.45) is 24.8 Å². The molecule has 8 nitrogen and oxygen atoms in total. The minimum atomic E-state index is -0.566. The van der Waals surface area contributed by atoms with E-state index in [-0.39, 0.29) is 6.04 Å². The molecule has 2 aliphatic carbocycles. The molecule has 8 heteroatoms. The van der Waals surface area contributed by atoms with Crippen LogP contribution in [-0.2, 0) is 7.05 Å². The molecule has 0 spiro atoms. The van der Waals surface area contributed by atoms with Crippen LogP contribution >= 0.6 is 0 Å². The van der Waals surface area contributed by atoms with Gasteiger partial charge in [-0.2, -0.15) is 9.97 Å². The van der Waals surface area contributed by atoms with Gasteiger partial charge in [-0.1, -0.05) is 6.92 Å². The lowest BCUT2D eigenvalue weighted by molar-refractivity contribution is -0.0502. The van der Waals surface area contributed by atoms with Crippen LogP contribution in [0.4, 0.5) is 17.6 Å². The van der Waals surface area contributed by atoms with Crippen molar-refractivity contribution in [2.75, 3.05) is 10.6 Å². The molecule has 5 rings (SSSR count). The van der Waals surface area contributed by atoms with Crippen LogP contribution in [0.15, 0.2) is 24.8 Å². The van der Waals surface area contributed by atoms with Crippen molar-refractivity contribution in [1.29, 1.82) is 0 Å². The zero-order valence-corrected chi connectivity index (χ0v) is 17.2. The third kappa shape index (κ3) is 3.57. The first-order valence-corrected chi connectivity index (χ1v) is 10.5. The van der Waals surface area contributed by atoms with Gasteiger partial charge in [-0.3, -0.25) is 0 Å². The maximum absolute atomic E-state index is 10.7. The molecule has 3 heterocycles. The quantitative estimate of drug-likeness (QED) is 0.540. The van der Waals surface area contributed by atoms with E-state index in [1.54, 1.807) is 6.33 Å². The molecule has 2 saturated carbocycles. The van der Waals surface area contributed by atoms with Crippen molar-refractivity contribution in [3.63, 3.8) is 0 Å². The third-order valence-electron chi connectivity index (χ3n) is 6.56. The number of imidazole rings is 1. The Kier molecular flexibility index (Phi) is 4.27. The van der Waals surface area contributed by atoms with Gasteiger partial charge in [-0.25, -0.2) is 4.98 Å². The van der Waals surface area contributed by atoms with Crippen LogP contribution in [0, 0.1) is 17.8 Å². The van der Waals surface area contributed by atoms with E-state index < -0.39 is 5.60 Å². The summed E-state index contributed by atoms with van der Waals surface area (Å²) in [5, 5.41) is 18.6. The van der Waals surface area contributed by atoms with E-state index in [1.165, 1.54) is 6.42 Å². The number of aromatic nitrogens is 5. The smallest absolute Gasteiger partial charge is 0.226 e. The zero-order valence-electron chi connectivity index (χ0n) is 17.2. The first kappa shape index (κ1) is 18.4. The van der Waals surface area contributed by atoms with Crippen LogP contribution in [-0.4, -0.2) is 41.3 Å². The van der Waals surface area contributed by atoms with E-state index in [0.29, 0.717) is 23.7 Å². The van der Waals surface area contributed by atoms with Gasteiger partial charge in [0, 0.05) is 25.5 Å². The average molecular weight is 396 g/mol. The van der Waals surface area contributed by atoms with Crippen molar-refractivity contribution < 1.29 is 5.11 Å². The Labute approximate surface area is 170 Å². The van der Waals surface area contributed by atoms with E-state index in [2.05, 4.69) is 27.5 Å². The highest BCUT2D eigenvalue weighted by Gasteiger charge is 2.45. The van der Waals surface area contributed by atoms with E-state index in [0.717, 1.165) is 41.9 Å². The second-order valence-corrected chi connectivity index (χ2v) is 9.34. The van der Waals surface area contributed by atoms with Crippen LogP contribution in [0.25, 0.3) is 11.0 Å². The van der Waals surface area contributed by atoms with Crippen molar-refractivity contribution in [3.05, 3.63) is 24.8 Å². The number of aryl methyl sites for hydroxylation is 1. The predicted molar refractivity (Wildman–Crippen MR) is 113 cm³/mol. The Morgan fingerprint density at radius 2 is 2.14 bits per heavy atom. The van der Waals surface area contributed by atoms with E-state index >= 15 is 0 Å². The second-order valence-electron chi connectivity index (χ2n) is 9.34. The lowest BCUT2D eigenvalue weighted by Gasteiger charge is -2.49. The van der Waals surface area contributed by atoms with Gasteiger partial charge in [-0.05, 0) is 56.4 Å². The summed E-state index contributed by atoms with van der Waals surface area (Å²) in [6.45, 7) is 4.28. The second kappa shape index (κ2) is 6.73. The molecular weight excluding hydrogens is 366 g/mol. The minimum absolute atomic E-state index is 0.258.